The molecule has 0 radical (unpaired) electrons. The lowest BCUT2D eigenvalue weighted by Crippen LogP contribution is -1.99. The van der Waals surface area contributed by atoms with E-state index in [2.05, 4.69) is 11.2 Å². The van der Waals surface area contributed by atoms with Crippen molar-refractivity contribution in [2.24, 2.45) is 0 Å². The predicted molar refractivity (Wildman–Crippen MR) is 84.6 cm³/mol. The van der Waals surface area contributed by atoms with Gasteiger partial charge in [-0.1, -0.05) is 12.1 Å². The number of benzene rings is 2. The van der Waals surface area contributed by atoms with Crippen LogP contribution in [0.1, 0.15) is 11.3 Å². The van der Waals surface area contributed by atoms with Crippen LogP contribution in [-0.2, 0) is 0 Å². The number of hydrogen-bond donors (Lipinski definition) is 0. The maximum Gasteiger partial charge on any atom is 0.231 e. The number of aryl methyl sites for hydroxylation is 1. The molecule has 0 bridgehead atoms. The fourth-order valence-corrected chi connectivity index (χ4v) is 2.65. The van der Waals surface area contributed by atoms with Gasteiger partial charge in [-0.25, -0.2) is 4.68 Å². The molecule has 0 saturated heterocycles. The standard InChI is InChI=1S/C18H13N3O2/c1-12-3-2-4-15(7-12)21-16(9-14(10-19)20-21)13-5-6-17-18(8-13)23-11-22-17/h2-9H,11H2,1H3. The molecule has 4 rings (SSSR count). The van der Waals surface area contributed by atoms with Crippen molar-refractivity contribution in [2.75, 3.05) is 6.79 Å². The molecule has 0 saturated carbocycles. The van der Waals surface area contributed by atoms with Gasteiger partial charge < -0.3 is 9.47 Å². The van der Waals surface area contributed by atoms with Gasteiger partial charge in [0.2, 0.25) is 6.79 Å². The summed E-state index contributed by atoms with van der Waals surface area (Å²) in [6.45, 7) is 2.26. The average Bonchev–Trinajstić information content (AvgIpc) is 3.20. The van der Waals surface area contributed by atoms with Gasteiger partial charge in [-0.05, 0) is 42.8 Å². The van der Waals surface area contributed by atoms with Crippen molar-refractivity contribution in [3.8, 4) is 34.5 Å². The van der Waals surface area contributed by atoms with Crippen LogP contribution >= 0.6 is 0 Å². The van der Waals surface area contributed by atoms with Crippen molar-refractivity contribution in [2.45, 2.75) is 6.92 Å². The van der Waals surface area contributed by atoms with Crippen LogP contribution in [0.25, 0.3) is 16.9 Å². The Morgan fingerprint density at radius 2 is 1.96 bits per heavy atom. The fraction of sp³-hybridized carbons (Fsp3) is 0.111. The Hall–Kier alpha value is -3.26. The van der Waals surface area contributed by atoms with E-state index in [0.29, 0.717) is 11.4 Å². The van der Waals surface area contributed by atoms with E-state index in [0.717, 1.165) is 28.3 Å². The Balaban J connectivity index is 1.88. The van der Waals surface area contributed by atoms with Crippen LogP contribution in [0.15, 0.2) is 48.5 Å². The van der Waals surface area contributed by atoms with E-state index in [1.807, 2.05) is 49.4 Å². The molecule has 0 N–H and O–H groups in total. The van der Waals surface area contributed by atoms with Gasteiger partial charge >= 0.3 is 0 Å². The summed E-state index contributed by atoms with van der Waals surface area (Å²) < 4.78 is 12.6. The summed E-state index contributed by atoms with van der Waals surface area (Å²) >= 11 is 0. The Labute approximate surface area is 133 Å². The largest absolute Gasteiger partial charge is 0.454 e. The third kappa shape index (κ3) is 2.30. The third-order valence-corrected chi connectivity index (χ3v) is 3.74. The molecule has 1 aromatic heterocycles. The minimum absolute atomic E-state index is 0.235. The molecule has 0 unspecified atom stereocenters. The first-order valence-electron chi connectivity index (χ1n) is 7.22. The summed E-state index contributed by atoms with van der Waals surface area (Å²) in [5.74, 6) is 1.44. The van der Waals surface area contributed by atoms with Crippen LogP contribution in [-0.4, -0.2) is 16.6 Å². The van der Waals surface area contributed by atoms with Gasteiger partial charge in [0.15, 0.2) is 17.2 Å². The van der Waals surface area contributed by atoms with Crippen molar-refractivity contribution in [1.29, 1.82) is 5.26 Å². The zero-order valence-electron chi connectivity index (χ0n) is 12.5. The Morgan fingerprint density at radius 3 is 2.78 bits per heavy atom. The van der Waals surface area contributed by atoms with E-state index in [4.69, 9.17) is 9.47 Å². The number of ether oxygens (including phenoxy) is 2. The summed E-state index contributed by atoms with van der Waals surface area (Å²) in [6.07, 6.45) is 0. The van der Waals surface area contributed by atoms with Gasteiger partial charge in [0.25, 0.3) is 0 Å². The zero-order valence-corrected chi connectivity index (χ0v) is 12.5. The smallest absolute Gasteiger partial charge is 0.231 e. The maximum absolute atomic E-state index is 9.21. The molecule has 2 aromatic carbocycles. The van der Waals surface area contributed by atoms with E-state index in [1.54, 1.807) is 10.7 Å². The van der Waals surface area contributed by atoms with Gasteiger partial charge in [0, 0.05) is 11.6 Å². The quantitative estimate of drug-likeness (QED) is 0.727. The number of rotatable bonds is 2. The van der Waals surface area contributed by atoms with Crippen molar-refractivity contribution < 1.29 is 9.47 Å². The number of hydrogen-bond acceptors (Lipinski definition) is 4. The summed E-state index contributed by atoms with van der Waals surface area (Å²) in [4.78, 5) is 0. The van der Waals surface area contributed by atoms with Crippen LogP contribution in [0.4, 0.5) is 0 Å². The molecule has 2 heterocycles. The summed E-state index contributed by atoms with van der Waals surface area (Å²) in [6, 6.07) is 17.6. The number of aromatic nitrogens is 2. The molecule has 1 aliphatic heterocycles. The topological polar surface area (TPSA) is 60.1 Å². The first-order chi connectivity index (χ1) is 11.2. The summed E-state index contributed by atoms with van der Waals surface area (Å²) in [5.41, 5.74) is 4.18. The molecule has 0 aliphatic carbocycles. The number of nitrogens with zero attached hydrogens (tertiary/aromatic N) is 3. The van der Waals surface area contributed by atoms with Gasteiger partial charge in [0.05, 0.1) is 11.4 Å². The second-order valence-electron chi connectivity index (χ2n) is 5.35. The molecule has 1 aliphatic rings. The predicted octanol–water partition coefficient (Wildman–Crippen LogP) is 3.45. The van der Waals surface area contributed by atoms with Crippen LogP contribution in [0.5, 0.6) is 11.5 Å². The van der Waals surface area contributed by atoms with Gasteiger partial charge in [-0.2, -0.15) is 10.4 Å². The monoisotopic (exact) mass is 303 g/mol. The van der Waals surface area contributed by atoms with Crippen molar-refractivity contribution in [1.82, 2.24) is 9.78 Å². The average molecular weight is 303 g/mol. The third-order valence-electron chi connectivity index (χ3n) is 3.74. The molecule has 3 aromatic rings. The second-order valence-corrected chi connectivity index (χ2v) is 5.35. The molecule has 0 amide bonds. The van der Waals surface area contributed by atoms with Crippen LogP contribution in [0.2, 0.25) is 0 Å². The van der Waals surface area contributed by atoms with Gasteiger partial charge in [0.1, 0.15) is 6.07 Å². The highest BCUT2D eigenvalue weighted by molar-refractivity contribution is 5.67. The molecule has 0 atom stereocenters. The summed E-state index contributed by atoms with van der Waals surface area (Å²) in [5, 5.41) is 13.6. The van der Waals surface area contributed by atoms with Gasteiger partial charge in [-0.15, -0.1) is 0 Å². The lowest BCUT2D eigenvalue weighted by atomic mass is 10.1. The first-order valence-corrected chi connectivity index (χ1v) is 7.22. The van der Waals surface area contributed by atoms with Crippen LogP contribution in [0.3, 0.4) is 0 Å². The lowest BCUT2D eigenvalue weighted by Gasteiger charge is -2.09. The highest BCUT2D eigenvalue weighted by Crippen LogP contribution is 2.36. The first kappa shape index (κ1) is 13.4. The van der Waals surface area contributed by atoms with Crippen molar-refractivity contribution in [3.05, 3.63) is 59.8 Å². The normalized spacial score (nSPS) is 12.2. The minimum Gasteiger partial charge on any atom is -0.454 e. The second kappa shape index (κ2) is 5.18. The SMILES string of the molecule is Cc1cccc(-n2nc(C#N)cc2-c2ccc3c(c2)OCO3)c1. The number of fused-ring (bicyclic) bond motifs is 1. The van der Waals surface area contributed by atoms with Crippen molar-refractivity contribution >= 4 is 0 Å². The van der Waals surface area contributed by atoms with E-state index < -0.39 is 0 Å². The maximum atomic E-state index is 9.21. The molecule has 5 nitrogen and oxygen atoms in total. The molecular weight excluding hydrogens is 290 g/mol. The van der Waals surface area contributed by atoms with E-state index in [1.165, 1.54) is 0 Å². The molecule has 5 heteroatoms. The van der Waals surface area contributed by atoms with Crippen LogP contribution in [0, 0.1) is 18.3 Å². The Kier molecular flexibility index (Phi) is 3.02. The highest BCUT2D eigenvalue weighted by Gasteiger charge is 2.17. The fourth-order valence-electron chi connectivity index (χ4n) is 2.65. The zero-order chi connectivity index (χ0) is 15.8. The molecular formula is C18H13N3O2. The Bertz CT molecular complexity index is 938. The van der Waals surface area contributed by atoms with Crippen LogP contribution < -0.4 is 9.47 Å². The lowest BCUT2D eigenvalue weighted by molar-refractivity contribution is 0.174. The highest BCUT2D eigenvalue weighted by atomic mass is 16.7. The molecule has 0 spiro atoms. The molecule has 112 valence electrons. The van der Waals surface area contributed by atoms with E-state index in [-0.39, 0.29) is 6.79 Å². The molecule has 23 heavy (non-hydrogen) atoms. The van der Waals surface area contributed by atoms with Crippen molar-refractivity contribution in [3.63, 3.8) is 0 Å². The number of nitriles is 1. The Morgan fingerprint density at radius 1 is 1.09 bits per heavy atom. The van der Waals surface area contributed by atoms with E-state index in [9.17, 15) is 5.26 Å². The molecule has 0 fully saturated rings. The van der Waals surface area contributed by atoms with E-state index >= 15 is 0 Å². The summed E-state index contributed by atoms with van der Waals surface area (Å²) in [7, 11) is 0. The minimum atomic E-state index is 0.235. The van der Waals surface area contributed by atoms with Gasteiger partial charge in [-0.3, -0.25) is 0 Å².